The van der Waals surface area contributed by atoms with Crippen LogP contribution in [0.1, 0.15) is 24.8 Å². The van der Waals surface area contributed by atoms with Crippen LogP contribution in [0.4, 0.5) is 0 Å². The van der Waals surface area contributed by atoms with Crippen LogP contribution in [-0.4, -0.2) is 17.5 Å². The first kappa shape index (κ1) is 12.9. The van der Waals surface area contributed by atoms with Crippen molar-refractivity contribution in [3.63, 3.8) is 0 Å². The summed E-state index contributed by atoms with van der Waals surface area (Å²) in [5.74, 6) is 3.06. The van der Waals surface area contributed by atoms with E-state index in [1.807, 2.05) is 0 Å². The smallest absolute Gasteiger partial charge is 0.0609 e. The molecule has 1 aliphatic carbocycles. The van der Waals surface area contributed by atoms with Crippen molar-refractivity contribution in [1.82, 2.24) is 0 Å². The van der Waals surface area contributed by atoms with E-state index in [0.717, 1.165) is 19.3 Å². The summed E-state index contributed by atoms with van der Waals surface area (Å²) in [5.41, 5.74) is 7.84. The minimum Gasteiger partial charge on any atom is -0.424 e. The Balaban J connectivity index is 1.86. The third-order valence-corrected chi connectivity index (χ3v) is 6.29. The molecule has 0 unspecified atom stereocenters. The molecule has 1 heterocycles. The van der Waals surface area contributed by atoms with Crippen molar-refractivity contribution in [2.75, 3.05) is 6.61 Å². The van der Waals surface area contributed by atoms with E-state index in [2.05, 4.69) is 37.1 Å². The summed E-state index contributed by atoms with van der Waals surface area (Å²) in [5, 5.41) is 0.380. The fourth-order valence-electron chi connectivity index (χ4n) is 2.80. The van der Waals surface area contributed by atoms with Crippen molar-refractivity contribution < 1.29 is 4.74 Å². The number of hydrogen-bond donors (Lipinski definition) is 0. The molecule has 19 heavy (non-hydrogen) atoms. The molecule has 2 aliphatic rings. The normalized spacial score (nSPS) is 28.2. The first-order valence-corrected chi connectivity index (χ1v) is 8.14. The molecule has 0 radical (unpaired) electrons. The first-order valence-electron chi connectivity index (χ1n) is 6.79. The lowest BCUT2D eigenvalue weighted by molar-refractivity contribution is -0.0158. The topological polar surface area (TPSA) is 9.23 Å². The second kappa shape index (κ2) is 4.76. The van der Waals surface area contributed by atoms with E-state index in [4.69, 9.17) is 16.8 Å². The lowest BCUT2D eigenvalue weighted by atomic mass is 9.97. The summed E-state index contributed by atoms with van der Waals surface area (Å²) in [7, 11) is -0.278. The molecule has 100 valence electrons. The number of aryl methyl sites for hydroxylation is 1. The molecule has 0 amide bonds. The molecule has 1 saturated carbocycles. The van der Waals surface area contributed by atoms with Crippen molar-refractivity contribution in [2.45, 2.75) is 41.9 Å². The number of rotatable bonds is 0. The van der Waals surface area contributed by atoms with E-state index in [9.17, 15) is 0 Å². The Bertz CT molecular complexity index is 580. The molecule has 0 aromatic heterocycles. The maximum Gasteiger partial charge on any atom is 0.0609 e. The van der Waals surface area contributed by atoms with Crippen molar-refractivity contribution >= 4 is 10.3 Å². The monoisotopic (exact) mass is 271 g/mol. The van der Waals surface area contributed by atoms with Gasteiger partial charge in [0.15, 0.2) is 0 Å². The molecule has 1 saturated heterocycles. The molecular weight excluding hydrogens is 252 g/mol. The Kier molecular flexibility index (Phi) is 3.23. The third-order valence-electron chi connectivity index (χ3n) is 4.24. The Morgan fingerprint density at radius 2 is 2.00 bits per heavy atom. The van der Waals surface area contributed by atoms with Crippen LogP contribution in [0.25, 0.3) is 0 Å². The van der Waals surface area contributed by atoms with Crippen molar-refractivity contribution in [3.05, 3.63) is 29.8 Å². The molecule has 0 bridgehead atoms. The molecule has 0 N–H and O–H groups in total. The fraction of sp³-hybridized carbons (Fsp3) is 0.471. The second-order valence-corrected chi connectivity index (χ2v) is 7.43. The van der Waals surface area contributed by atoms with Gasteiger partial charge < -0.3 is 20.7 Å². The molecular formula is C17H19OS-. The van der Waals surface area contributed by atoms with Gasteiger partial charge in [-0.1, -0.05) is 41.5 Å². The Labute approximate surface area is 117 Å². The Morgan fingerprint density at radius 3 is 2.58 bits per heavy atom. The zero-order chi connectivity index (χ0) is 13.5. The van der Waals surface area contributed by atoms with E-state index in [1.54, 1.807) is 0 Å². The third kappa shape index (κ3) is 2.35. The van der Waals surface area contributed by atoms with Gasteiger partial charge in [0, 0.05) is 5.92 Å². The zero-order valence-corrected chi connectivity index (χ0v) is 12.1. The zero-order valence-electron chi connectivity index (χ0n) is 11.3. The molecule has 3 rings (SSSR count). The predicted molar refractivity (Wildman–Crippen MR) is 80.4 cm³/mol. The summed E-state index contributed by atoms with van der Waals surface area (Å²) in [6, 6.07) is 8.55. The average molecular weight is 271 g/mol. The highest BCUT2D eigenvalue weighted by molar-refractivity contribution is 7.87. The molecule has 2 atom stereocenters. The second-order valence-electron chi connectivity index (χ2n) is 5.65. The summed E-state index contributed by atoms with van der Waals surface area (Å²) in [6.45, 7) is 2.80. The first-order chi connectivity index (χ1) is 9.14. The maximum absolute atomic E-state index is 6.53. The van der Waals surface area contributed by atoms with Gasteiger partial charge in [-0.25, -0.2) is 0 Å². The van der Waals surface area contributed by atoms with Gasteiger partial charge in [-0.05, 0) is 19.8 Å². The van der Waals surface area contributed by atoms with Crippen molar-refractivity contribution in [1.29, 1.82) is 0 Å². The molecule has 1 nitrogen and oxygen atoms in total. The summed E-state index contributed by atoms with van der Waals surface area (Å²) < 4.78 is 6.04. The van der Waals surface area contributed by atoms with E-state index in [-0.39, 0.29) is 21.8 Å². The van der Waals surface area contributed by atoms with Gasteiger partial charge in [0.05, 0.1) is 12.2 Å². The minimum absolute atomic E-state index is 0.0378. The maximum atomic E-state index is 6.53. The van der Waals surface area contributed by atoms with Gasteiger partial charge >= 0.3 is 0 Å². The van der Waals surface area contributed by atoms with Gasteiger partial charge in [-0.2, -0.15) is 0 Å². The molecule has 2 heteroatoms. The number of hydrogen-bond acceptors (Lipinski definition) is 2. The summed E-state index contributed by atoms with van der Waals surface area (Å²) >= 11 is 0. The van der Waals surface area contributed by atoms with E-state index >= 15 is 0 Å². The number of ether oxygens (including phenoxy) is 1. The van der Waals surface area contributed by atoms with Crippen LogP contribution < -0.4 is 0 Å². The lowest BCUT2D eigenvalue weighted by Gasteiger charge is -2.43. The minimum atomic E-state index is -0.278. The summed E-state index contributed by atoms with van der Waals surface area (Å²) in [6.07, 6.45) is 8.85. The molecule has 1 aromatic rings. The molecule has 1 spiro atoms. The fourth-order valence-corrected chi connectivity index (χ4v) is 4.79. The van der Waals surface area contributed by atoms with Crippen LogP contribution in [0, 0.1) is 30.9 Å². The van der Waals surface area contributed by atoms with Crippen LogP contribution in [-0.2, 0) is 15.0 Å². The van der Waals surface area contributed by atoms with Gasteiger partial charge in [0.25, 0.3) is 0 Å². The SMILES string of the molecule is C#C[C@H]1COC2(CC2)[C@H]([S-](#C)c2ccc(C)cc2)C1. The van der Waals surface area contributed by atoms with Gasteiger partial charge in [-0.3, -0.25) is 0 Å². The Hall–Kier alpha value is -1.13. The molecule has 2 fully saturated rings. The quantitative estimate of drug-likeness (QED) is 0.520. The van der Waals surface area contributed by atoms with Crippen LogP contribution in [0.15, 0.2) is 29.2 Å². The van der Waals surface area contributed by atoms with Gasteiger partial charge in [-0.15, -0.1) is 17.2 Å². The number of benzene rings is 1. The lowest BCUT2D eigenvalue weighted by Crippen LogP contribution is -2.42. The van der Waals surface area contributed by atoms with E-state index in [1.165, 1.54) is 10.5 Å². The van der Waals surface area contributed by atoms with Crippen LogP contribution in [0.2, 0.25) is 0 Å². The van der Waals surface area contributed by atoms with Crippen LogP contribution >= 0.6 is 0 Å². The standard InChI is InChI=1S/C17H19OS/c1-4-14-11-16(17(9-10-17)18-12-14)19(3)15-7-5-13(2)6-8-15/h1,3,5-8,14,16H,9-12H2,2H3/q-1/t14-,16-/m1/s1. The number of terminal acetylenes is 1. The largest absolute Gasteiger partial charge is 0.424 e. The van der Waals surface area contributed by atoms with Crippen molar-refractivity contribution in [3.8, 4) is 18.0 Å². The van der Waals surface area contributed by atoms with Gasteiger partial charge in [0.2, 0.25) is 0 Å². The molecule has 1 aliphatic heterocycles. The van der Waals surface area contributed by atoms with Gasteiger partial charge in [0.1, 0.15) is 0 Å². The van der Waals surface area contributed by atoms with Crippen LogP contribution in [0.5, 0.6) is 0 Å². The van der Waals surface area contributed by atoms with Crippen LogP contribution in [0.3, 0.4) is 0 Å². The summed E-state index contributed by atoms with van der Waals surface area (Å²) in [4.78, 5) is 1.23. The molecule has 1 aromatic carbocycles. The predicted octanol–water partition coefficient (Wildman–Crippen LogP) is 3.13. The highest BCUT2D eigenvalue weighted by Gasteiger charge is 2.50. The van der Waals surface area contributed by atoms with E-state index in [0.29, 0.717) is 11.9 Å². The van der Waals surface area contributed by atoms with E-state index < -0.39 is 0 Å². The highest BCUT2D eigenvalue weighted by atomic mass is 32.2. The average Bonchev–Trinajstić information content (AvgIpc) is 3.20. The Morgan fingerprint density at radius 1 is 1.32 bits per heavy atom. The van der Waals surface area contributed by atoms with Crippen molar-refractivity contribution in [2.24, 2.45) is 5.92 Å². The highest BCUT2D eigenvalue weighted by Crippen LogP contribution is 2.50.